The summed E-state index contributed by atoms with van der Waals surface area (Å²) in [5, 5.41) is 1.91. The van der Waals surface area contributed by atoms with E-state index in [0.29, 0.717) is 24.0 Å². The van der Waals surface area contributed by atoms with Crippen LogP contribution in [0.2, 0.25) is 0 Å². The predicted molar refractivity (Wildman–Crippen MR) is 118 cm³/mol. The maximum atomic E-state index is 12.6. The highest BCUT2D eigenvalue weighted by Gasteiger charge is 2.42. The Morgan fingerprint density at radius 2 is 2.12 bits per heavy atom. The Balaban J connectivity index is 1.57. The Morgan fingerprint density at radius 1 is 1.25 bits per heavy atom. The maximum Gasteiger partial charge on any atom is 0.410 e. The van der Waals surface area contributed by atoms with Crippen LogP contribution in [0.15, 0.2) is 35.8 Å². The van der Waals surface area contributed by atoms with Gasteiger partial charge in [0.2, 0.25) is 5.88 Å². The SMILES string of the molecule is CCCCOC(=O)N1CC(Oc2nc(-c3ccccn3)nc3ccsc23)CC1C(=O)OC. The van der Waals surface area contributed by atoms with Gasteiger partial charge in [0.15, 0.2) is 5.82 Å². The number of carbonyl (C=O) groups is 2. The molecular formula is C22H24N4O5S. The van der Waals surface area contributed by atoms with Gasteiger partial charge in [0, 0.05) is 12.6 Å². The van der Waals surface area contributed by atoms with Crippen molar-refractivity contribution in [1.82, 2.24) is 19.9 Å². The van der Waals surface area contributed by atoms with Gasteiger partial charge in [0.25, 0.3) is 0 Å². The van der Waals surface area contributed by atoms with Crippen LogP contribution in [0, 0.1) is 0 Å². The molecule has 1 aliphatic heterocycles. The van der Waals surface area contributed by atoms with E-state index in [-0.39, 0.29) is 13.0 Å². The summed E-state index contributed by atoms with van der Waals surface area (Å²) in [7, 11) is 1.30. The third-order valence-corrected chi connectivity index (χ3v) is 6.03. The molecule has 0 aliphatic carbocycles. The maximum absolute atomic E-state index is 12.6. The molecule has 0 N–H and O–H groups in total. The number of aromatic nitrogens is 3. The monoisotopic (exact) mass is 456 g/mol. The molecular weight excluding hydrogens is 432 g/mol. The van der Waals surface area contributed by atoms with Crippen molar-refractivity contribution in [3.8, 4) is 17.4 Å². The van der Waals surface area contributed by atoms with E-state index in [1.165, 1.54) is 23.3 Å². The molecule has 1 saturated heterocycles. The fourth-order valence-electron chi connectivity index (χ4n) is 3.51. The number of likely N-dealkylation sites (tertiary alicyclic amines) is 1. The topological polar surface area (TPSA) is 104 Å². The average Bonchev–Trinajstić information content (AvgIpc) is 3.46. The summed E-state index contributed by atoms with van der Waals surface area (Å²) in [6.45, 7) is 2.51. The number of rotatable bonds is 7. The molecule has 1 amide bonds. The lowest BCUT2D eigenvalue weighted by molar-refractivity contribution is -0.145. The van der Waals surface area contributed by atoms with Crippen LogP contribution in [0.3, 0.4) is 0 Å². The number of carbonyl (C=O) groups excluding carboxylic acids is 2. The third-order valence-electron chi connectivity index (χ3n) is 5.14. The van der Waals surface area contributed by atoms with Crippen LogP contribution in [0.1, 0.15) is 26.2 Å². The van der Waals surface area contributed by atoms with E-state index in [4.69, 9.17) is 14.2 Å². The Morgan fingerprint density at radius 3 is 2.88 bits per heavy atom. The Bertz CT molecular complexity index is 1090. The van der Waals surface area contributed by atoms with Crippen LogP contribution in [0.25, 0.3) is 21.7 Å². The Hall–Kier alpha value is -3.27. The fourth-order valence-corrected chi connectivity index (χ4v) is 4.28. The standard InChI is InChI=1S/C22H24N4O5S/c1-3-4-10-30-22(28)26-13-14(12-17(26)21(27)29-2)31-20-18-15(8-11-32-18)24-19(25-20)16-7-5-6-9-23-16/h5-9,11,14,17H,3-4,10,12-13H2,1-2H3. The summed E-state index contributed by atoms with van der Waals surface area (Å²) in [5.41, 5.74) is 1.38. The summed E-state index contributed by atoms with van der Waals surface area (Å²) >= 11 is 1.47. The van der Waals surface area contributed by atoms with Crippen LogP contribution >= 0.6 is 11.3 Å². The normalized spacial score (nSPS) is 18.0. The van der Waals surface area contributed by atoms with Crippen molar-refractivity contribution in [3.05, 3.63) is 35.8 Å². The van der Waals surface area contributed by atoms with Crippen LogP contribution in [-0.2, 0) is 14.3 Å². The second-order valence-electron chi connectivity index (χ2n) is 7.34. The zero-order valence-electron chi connectivity index (χ0n) is 17.9. The van der Waals surface area contributed by atoms with E-state index < -0.39 is 24.2 Å². The second kappa shape index (κ2) is 9.90. The minimum absolute atomic E-state index is 0.195. The quantitative estimate of drug-likeness (QED) is 0.392. The average molecular weight is 457 g/mol. The molecule has 1 aliphatic rings. The summed E-state index contributed by atoms with van der Waals surface area (Å²) < 4.78 is 17.2. The van der Waals surface area contributed by atoms with E-state index in [9.17, 15) is 9.59 Å². The zero-order valence-corrected chi connectivity index (χ0v) is 18.7. The van der Waals surface area contributed by atoms with Crippen molar-refractivity contribution in [2.45, 2.75) is 38.3 Å². The molecule has 3 aromatic heterocycles. The van der Waals surface area contributed by atoms with Crippen molar-refractivity contribution in [1.29, 1.82) is 0 Å². The van der Waals surface area contributed by atoms with Crippen molar-refractivity contribution in [2.24, 2.45) is 0 Å². The van der Waals surface area contributed by atoms with Crippen LogP contribution < -0.4 is 4.74 Å². The molecule has 0 aromatic carbocycles. The van der Waals surface area contributed by atoms with Gasteiger partial charge >= 0.3 is 12.1 Å². The van der Waals surface area contributed by atoms with E-state index in [2.05, 4.69) is 15.0 Å². The zero-order chi connectivity index (χ0) is 22.5. The van der Waals surface area contributed by atoms with Gasteiger partial charge in [-0.15, -0.1) is 11.3 Å². The fraction of sp³-hybridized carbons (Fsp3) is 0.409. The van der Waals surface area contributed by atoms with E-state index >= 15 is 0 Å². The number of fused-ring (bicyclic) bond motifs is 1. The van der Waals surface area contributed by atoms with Gasteiger partial charge in [-0.2, -0.15) is 4.98 Å². The highest BCUT2D eigenvalue weighted by atomic mass is 32.1. The molecule has 4 heterocycles. The first kappa shape index (κ1) is 21.9. The van der Waals surface area contributed by atoms with Crippen molar-refractivity contribution < 1.29 is 23.8 Å². The van der Waals surface area contributed by atoms with Crippen molar-refractivity contribution in [3.63, 3.8) is 0 Å². The largest absolute Gasteiger partial charge is 0.471 e. The molecule has 0 radical (unpaired) electrons. The van der Waals surface area contributed by atoms with Gasteiger partial charge < -0.3 is 14.2 Å². The molecule has 0 spiro atoms. The second-order valence-corrected chi connectivity index (χ2v) is 8.25. The first-order chi connectivity index (χ1) is 15.6. The minimum Gasteiger partial charge on any atom is -0.471 e. The van der Waals surface area contributed by atoms with Gasteiger partial charge in [0.1, 0.15) is 22.5 Å². The van der Waals surface area contributed by atoms with Crippen LogP contribution in [0.5, 0.6) is 5.88 Å². The van der Waals surface area contributed by atoms with Gasteiger partial charge in [-0.25, -0.2) is 14.6 Å². The number of esters is 1. The number of amides is 1. The van der Waals surface area contributed by atoms with Gasteiger partial charge in [0.05, 0.1) is 25.8 Å². The number of hydrogen-bond acceptors (Lipinski definition) is 9. The number of unbranched alkanes of at least 4 members (excludes halogenated alkanes) is 1. The Kier molecular flexibility index (Phi) is 6.79. The van der Waals surface area contributed by atoms with E-state index in [1.807, 2.05) is 36.6 Å². The smallest absolute Gasteiger partial charge is 0.410 e. The van der Waals surface area contributed by atoms with Gasteiger partial charge in [-0.1, -0.05) is 19.4 Å². The molecule has 9 nitrogen and oxygen atoms in total. The molecule has 4 rings (SSSR count). The number of nitrogens with zero attached hydrogens (tertiary/aromatic N) is 4. The summed E-state index contributed by atoms with van der Waals surface area (Å²) in [4.78, 5) is 39.7. The van der Waals surface area contributed by atoms with E-state index in [1.54, 1.807) is 6.20 Å². The molecule has 32 heavy (non-hydrogen) atoms. The van der Waals surface area contributed by atoms with Gasteiger partial charge in [-0.05, 0) is 30.0 Å². The summed E-state index contributed by atoms with van der Waals surface area (Å²) in [5.74, 6) is 0.354. The molecule has 10 heteroatoms. The highest BCUT2D eigenvalue weighted by molar-refractivity contribution is 7.17. The molecule has 168 valence electrons. The minimum atomic E-state index is -0.768. The molecule has 0 bridgehead atoms. The summed E-state index contributed by atoms with van der Waals surface area (Å²) in [6, 6.07) is 6.64. The number of pyridine rings is 1. The molecule has 3 aromatic rings. The first-order valence-corrected chi connectivity index (χ1v) is 11.3. The highest BCUT2D eigenvalue weighted by Crippen LogP contribution is 2.33. The molecule has 0 saturated carbocycles. The predicted octanol–water partition coefficient (Wildman–Crippen LogP) is 3.68. The third kappa shape index (κ3) is 4.64. The molecule has 2 unspecified atom stereocenters. The number of methoxy groups -OCH3 is 1. The van der Waals surface area contributed by atoms with Gasteiger partial charge in [-0.3, -0.25) is 9.88 Å². The van der Waals surface area contributed by atoms with E-state index in [0.717, 1.165) is 23.1 Å². The molecule has 2 atom stereocenters. The van der Waals surface area contributed by atoms with Crippen LogP contribution in [-0.4, -0.2) is 64.3 Å². The van der Waals surface area contributed by atoms with Crippen LogP contribution in [0.4, 0.5) is 4.79 Å². The number of ether oxygens (including phenoxy) is 3. The van der Waals surface area contributed by atoms with Crippen molar-refractivity contribution in [2.75, 3.05) is 20.3 Å². The van der Waals surface area contributed by atoms with Crippen molar-refractivity contribution >= 4 is 33.6 Å². The lowest BCUT2D eigenvalue weighted by Gasteiger charge is -2.21. The Labute approximate surface area is 189 Å². The lowest BCUT2D eigenvalue weighted by Crippen LogP contribution is -2.41. The lowest BCUT2D eigenvalue weighted by atomic mass is 10.2. The first-order valence-electron chi connectivity index (χ1n) is 10.4. The number of thiophene rings is 1. The molecule has 1 fully saturated rings. The summed E-state index contributed by atoms with van der Waals surface area (Å²) in [6.07, 6.45) is 2.63. The number of hydrogen-bond donors (Lipinski definition) is 0.